The van der Waals surface area contributed by atoms with Gasteiger partial charge in [0.15, 0.2) is 23.0 Å². The van der Waals surface area contributed by atoms with Gasteiger partial charge >= 0.3 is 5.97 Å². The summed E-state index contributed by atoms with van der Waals surface area (Å²) < 4.78 is 27.4. The molecular weight excluding hydrogens is 348 g/mol. The zero-order valence-electron chi connectivity index (χ0n) is 14.8. The highest BCUT2D eigenvalue weighted by molar-refractivity contribution is 6.13. The van der Waals surface area contributed by atoms with Crippen LogP contribution in [0.3, 0.4) is 0 Å². The highest BCUT2D eigenvalue weighted by Crippen LogP contribution is 2.47. The lowest BCUT2D eigenvalue weighted by Gasteiger charge is -2.17. The van der Waals surface area contributed by atoms with Crippen molar-refractivity contribution in [1.29, 1.82) is 0 Å². The molecule has 0 unspecified atom stereocenters. The zero-order valence-corrected chi connectivity index (χ0v) is 14.8. The summed E-state index contributed by atoms with van der Waals surface area (Å²) in [6, 6.07) is 11.4. The third-order valence-electron chi connectivity index (χ3n) is 4.95. The minimum Gasteiger partial charge on any atom is -0.493 e. The first kappa shape index (κ1) is 15.8. The van der Waals surface area contributed by atoms with Crippen molar-refractivity contribution in [3.8, 4) is 34.1 Å². The molecule has 6 nitrogen and oxygen atoms in total. The average Bonchev–Trinajstić information content (AvgIpc) is 3.31. The Hall–Kier alpha value is -3.41. The van der Waals surface area contributed by atoms with Crippen LogP contribution in [0, 0.1) is 0 Å². The number of cyclic esters (lactones) is 1. The number of carbonyl (C=O) groups excluding carboxylic acids is 1. The first-order chi connectivity index (χ1) is 13.2. The fourth-order valence-corrected chi connectivity index (χ4v) is 3.77. The van der Waals surface area contributed by atoms with Crippen molar-refractivity contribution in [2.24, 2.45) is 0 Å². The van der Waals surface area contributed by atoms with Crippen LogP contribution in [0.15, 0.2) is 36.4 Å². The van der Waals surface area contributed by atoms with Gasteiger partial charge in [0, 0.05) is 16.5 Å². The average molecular weight is 364 g/mol. The summed E-state index contributed by atoms with van der Waals surface area (Å²) in [6.07, 6.45) is 0. The van der Waals surface area contributed by atoms with Gasteiger partial charge in [-0.2, -0.15) is 0 Å². The smallest absolute Gasteiger partial charge is 0.339 e. The van der Waals surface area contributed by atoms with Crippen LogP contribution in [0.4, 0.5) is 0 Å². The van der Waals surface area contributed by atoms with Gasteiger partial charge in [0.1, 0.15) is 6.61 Å². The van der Waals surface area contributed by atoms with Crippen molar-refractivity contribution in [1.82, 2.24) is 0 Å². The van der Waals surface area contributed by atoms with E-state index in [0.29, 0.717) is 28.6 Å². The number of carbonyl (C=O) groups is 1. The lowest BCUT2D eigenvalue weighted by Crippen LogP contribution is -2.01. The van der Waals surface area contributed by atoms with Crippen LogP contribution in [0.5, 0.6) is 23.0 Å². The maximum atomic E-state index is 12.5. The van der Waals surface area contributed by atoms with E-state index < -0.39 is 0 Å². The molecule has 0 atom stereocenters. The summed E-state index contributed by atoms with van der Waals surface area (Å²) >= 11 is 0. The number of ether oxygens (including phenoxy) is 5. The number of hydrogen-bond acceptors (Lipinski definition) is 6. The Balaban J connectivity index is 1.91. The van der Waals surface area contributed by atoms with Gasteiger partial charge in [-0.15, -0.1) is 0 Å². The Morgan fingerprint density at radius 3 is 2.56 bits per heavy atom. The van der Waals surface area contributed by atoms with Crippen molar-refractivity contribution in [3.05, 3.63) is 47.5 Å². The number of fused-ring (bicyclic) bond motifs is 3. The molecule has 2 aliphatic heterocycles. The van der Waals surface area contributed by atoms with Gasteiger partial charge in [-0.1, -0.05) is 12.1 Å². The van der Waals surface area contributed by atoms with Crippen LogP contribution in [0.1, 0.15) is 15.9 Å². The molecule has 0 radical (unpaired) electrons. The maximum absolute atomic E-state index is 12.5. The van der Waals surface area contributed by atoms with E-state index in [1.807, 2.05) is 36.4 Å². The quantitative estimate of drug-likeness (QED) is 0.657. The summed E-state index contributed by atoms with van der Waals surface area (Å²) in [5.74, 6) is 2.15. The third-order valence-corrected chi connectivity index (χ3v) is 4.95. The molecule has 27 heavy (non-hydrogen) atoms. The van der Waals surface area contributed by atoms with Crippen LogP contribution < -0.4 is 18.9 Å². The summed E-state index contributed by atoms with van der Waals surface area (Å²) in [6.45, 7) is 0.446. The van der Waals surface area contributed by atoms with Gasteiger partial charge in [0.2, 0.25) is 6.79 Å². The molecule has 2 heterocycles. The second kappa shape index (κ2) is 5.81. The van der Waals surface area contributed by atoms with Crippen molar-refractivity contribution in [2.45, 2.75) is 6.61 Å². The molecule has 3 aromatic carbocycles. The van der Waals surface area contributed by atoms with Gasteiger partial charge < -0.3 is 23.7 Å². The Morgan fingerprint density at radius 2 is 1.74 bits per heavy atom. The summed E-state index contributed by atoms with van der Waals surface area (Å²) in [7, 11) is 3.18. The van der Waals surface area contributed by atoms with Crippen molar-refractivity contribution >= 4 is 16.7 Å². The lowest BCUT2D eigenvalue weighted by molar-refractivity contribution is 0.0535. The van der Waals surface area contributed by atoms with Crippen molar-refractivity contribution in [2.75, 3.05) is 21.0 Å². The Labute approximate surface area is 155 Å². The van der Waals surface area contributed by atoms with Crippen LogP contribution in [0.25, 0.3) is 21.9 Å². The monoisotopic (exact) mass is 364 g/mol. The molecule has 5 rings (SSSR count). The molecule has 0 saturated carbocycles. The molecule has 0 aliphatic carbocycles. The SMILES string of the molecule is COc1ccc2cc3c(c(-c4ccc5c(c4)OCO5)c2c1OC)C(=O)OC3. The van der Waals surface area contributed by atoms with Crippen LogP contribution >= 0.6 is 0 Å². The third kappa shape index (κ3) is 2.23. The molecule has 2 aliphatic rings. The maximum Gasteiger partial charge on any atom is 0.339 e. The minimum absolute atomic E-state index is 0.186. The topological polar surface area (TPSA) is 63.2 Å². The molecular formula is C21H16O6. The van der Waals surface area contributed by atoms with Crippen molar-refractivity contribution < 1.29 is 28.5 Å². The molecule has 136 valence electrons. The van der Waals surface area contributed by atoms with Gasteiger partial charge in [0.05, 0.1) is 19.8 Å². The zero-order chi connectivity index (χ0) is 18.5. The van der Waals surface area contributed by atoms with Crippen LogP contribution in [0.2, 0.25) is 0 Å². The molecule has 6 heteroatoms. The Bertz CT molecular complexity index is 1100. The van der Waals surface area contributed by atoms with Crippen molar-refractivity contribution in [3.63, 3.8) is 0 Å². The van der Waals surface area contributed by atoms with E-state index in [4.69, 9.17) is 23.7 Å². The van der Waals surface area contributed by atoms with E-state index in [0.717, 1.165) is 27.5 Å². The van der Waals surface area contributed by atoms with Gasteiger partial charge in [0.25, 0.3) is 0 Å². The number of rotatable bonds is 3. The normalized spacial score (nSPS) is 14.2. The predicted octanol–water partition coefficient (Wildman–Crippen LogP) is 3.92. The standard InChI is InChI=1S/C21H16O6/c1-23-15-6-4-11-7-13-9-25-21(22)19(13)17(18(11)20(15)24-2)12-3-5-14-16(8-12)27-10-26-14/h3-8H,9-10H2,1-2H3. The van der Waals surface area contributed by atoms with E-state index in [9.17, 15) is 4.79 Å². The molecule has 3 aromatic rings. The largest absolute Gasteiger partial charge is 0.493 e. The number of hydrogen-bond donors (Lipinski definition) is 0. The lowest BCUT2D eigenvalue weighted by atomic mass is 9.89. The summed E-state index contributed by atoms with van der Waals surface area (Å²) in [4.78, 5) is 12.5. The molecule has 0 bridgehead atoms. The highest BCUT2D eigenvalue weighted by Gasteiger charge is 2.30. The molecule has 0 N–H and O–H groups in total. The highest BCUT2D eigenvalue weighted by atomic mass is 16.7. The molecule has 0 fully saturated rings. The minimum atomic E-state index is -0.343. The second-order valence-corrected chi connectivity index (χ2v) is 6.33. The molecule has 0 amide bonds. The second-order valence-electron chi connectivity index (χ2n) is 6.33. The van der Waals surface area contributed by atoms with Crippen LogP contribution in [-0.2, 0) is 11.3 Å². The molecule has 0 saturated heterocycles. The Kier molecular flexibility index (Phi) is 3.40. The fraction of sp³-hybridized carbons (Fsp3) is 0.190. The number of methoxy groups -OCH3 is 2. The summed E-state index contributed by atoms with van der Waals surface area (Å²) in [5.41, 5.74) is 2.98. The van der Waals surface area contributed by atoms with Gasteiger partial charge in [-0.05, 0) is 35.2 Å². The molecule has 0 aromatic heterocycles. The Morgan fingerprint density at radius 1 is 0.889 bits per heavy atom. The number of esters is 1. The first-order valence-corrected chi connectivity index (χ1v) is 8.49. The van der Waals surface area contributed by atoms with E-state index in [1.165, 1.54) is 0 Å². The van der Waals surface area contributed by atoms with E-state index in [1.54, 1.807) is 14.2 Å². The van der Waals surface area contributed by atoms with Gasteiger partial charge in [-0.3, -0.25) is 0 Å². The van der Waals surface area contributed by atoms with Gasteiger partial charge in [-0.25, -0.2) is 4.79 Å². The van der Waals surface area contributed by atoms with E-state index >= 15 is 0 Å². The first-order valence-electron chi connectivity index (χ1n) is 8.49. The van der Waals surface area contributed by atoms with E-state index in [-0.39, 0.29) is 19.4 Å². The number of benzene rings is 3. The van der Waals surface area contributed by atoms with Crippen LogP contribution in [-0.4, -0.2) is 27.0 Å². The fourth-order valence-electron chi connectivity index (χ4n) is 3.77. The molecule has 0 spiro atoms. The van der Waals surface area contributed by atoms with E-state index in [2.05, 4.69) is 0 Å². The summed E-state index contributed by atoms with van der Waals surface area (Å²) in [5, 5.41) is 1.74. The predicted molar refractivity (Wildman–Crippen MR) is 97.7 cm³/mol.